The number of hydrogen-bond donors (Lipinski definition) is 1. The minimum atomic E-state index is -0.984. The first kappa shape index (κ1) is 14.9. The molecule has 94 valence electrons. The molecule has 1 atom stereocenters. The molecule has 0 spiro atoms. The van der Waals surface area contributed by atoms with Crippen LogP contribution in [0.15, 0.2) is 0 Å². The van der Waals surface area contributed by atoms with E-state index >= 15 is 0 Å². The maximum absolute atomic E-state index is 11.1. The number of rotatable bonds is 7. The lowest BCUT2D eigenvalue weighted by Gasteiger charge is -2.10. The molecule has 0 aliphatic rings. The molecule has 0 bridgehead atoms. The van der Waals surface area contributed by atoms with Gasteiger partial charge < -0.3 is 14.6 Å². The van der Waals surface area contributed by atoms with Crippen molar-refractivity contribution in [3.05, 3.63) is 0 Å². The number of unbranched alkanes of at least 4 members (excludes halogenated alkanes) is 2. The van der Waals surface area contributed by atoms with Gasteiger partial charge in [0.2, 0.25) is 0 Å². The fourth-order valence-electron chi connectivity index (χ4n) is 1.09. The molecule has 0 fully saturated rings. The summed E-state index contributed by atoms with van der Waals surface area (Å²) in [6.07, 6.45) is 1.80. The monoisotopic (exact) mass is 232 g/mol. The molecule has 1 N–H and O–H groups in total. The Morgan fingerprint density at radius 2 is 2.00 bits per heavy atom. The topological polar surface area (TPSA) is 72.8 Å². The highest BCUT2D eigenvalue weighted by molar-refractivity contribution is 5.81. The van der Waals surface area contributed by atoms with E-state index in [0.29, 0.717) is 6.42 Å². The van der Waals surface area contributed by atoms with Crippen LogP contribution < -0.4 is 0 Å². The van der Waals surface area contributed by atoms with E-state index in [1.165, 1.54) is 0 Å². The highest BCUT2D eigenvalue weighted by atomic mass is 16.7. The van der Waals surface area contributed by atoms with Crippen LogP contribution in [0.4, 0.5) is 4.79 Å². The maximum Gasteiger partial charge on any atom is 0.516 e. The van der Waals surface area contributed by atoms with E-state index in [1.54, 1.807) is 6.92 Å². The predicted molar refractivity (Wildman–Crippen MR) is 57.9 cm³/mol. The first-order valence-corrected chi connectivity index (χ1v) is 5.62. The molecule has 0 heterocycles. The summed E-state index contributed by atoms with van der Waals surface area (Å²) >= 11 is 0. The largest absolute Gasteiger partial charge is 0.516 e. The van der Waals surface area contributed by atoms with Crippen molar-refractivity contribution in [2.45, 2.75) is 52.1 Å². The van der Waals surface area contributed by atoms with Crippen molar-refractivity contribution in [3.8, 4) is 0 Å². The molecule has 0 aromatic heterocycles. The number of carbonyl (C=O) groups is 2. The van der Waals surface area contributed by atoms with Crippen molar-refractivity contribution in [2.75, 3.05) is 6.61 Å². The Morgan fingerprint density at radius 3 is 2.56 bits per heavy atom. The van der Waals surface area contributed by atoms with Crippen molar-refractivity contribution in [1.82, 2.24) is 0 Å². The molecular weight excluding hydrogens is 212 g/mol. The summed E-state index contributed by atoms with van der Waals surface area (Å²) < 4.78 is 9.16. The summed E-state index contributed by atoms with van der Waals surface area (Å²) in [5.74, 6) is -0.561. The van der Waals surface area contributed by atoms with Gasteiger partial charge in [-0.25, -0.2) is 4.79 Å². The van der Waals surface area contributed by atoms with E-state index in [2.05, 4.69) is 4.74 Å². The van der Waals surface area contributed by atoms with Crippen molar-refractivity contribution < 1.29 is 24.2 Å². The standard InChI is InChI=1S/C11H20O5/c1-3-4-5-6-10(13)16-11(14)15-9(2)7-8-12/h9,12H,3-8H2,1-2H3. The van der Waals surface area contributed by atoms with Crippen LogP contribution in [0.25, 0.3) is 0 Å². The minimum Gasteiger partial charge on any atom is -0.431 e. The van der Waals surface area contributed by atoms with Crippen LogP contribution in [0.5, 0.6) is 0 Å². The third-order valence-corrected chi connectivity index (χ3v) is 2.01. The molecule has 0 aliphatic carbocycles. The summed E-state index contributed by atoms with van der Waals surface area (Å²) in [6.45, 7) is 3.58. The Morgan fingerprint density at radius 1 is 1.31 bits per heavy atom. The molecule has 0 rings (SSSR count). The Labute approximate surface area is 95.7 Å². The maximum atomic E-state index is 11.1. The molecule has 5 nitrogen and oxygen atoms in total. The van der Waals surface area contributed by atoms with Gasteiger partial charge in [0.25, 0.3) is 0 Å². The van der Waals surface area contributed by atoms with Crippen LogP contribution in [0, 0.1) is 0 Å². The second kappa shape index (κ2) is 9.15. The predicted octanol–water partition coefficient (Wildman–Crippen LogP) is 2.02. The number of esters is 1. The van der Waals surface area contributed by atoms with Gasteiger partial charge in [-0.1, -0.05) is 19.8 Å². The van der Waals surface area contributed by atoms with Gasteiger partial charge in [-0.2, -0.15) is 0 Å². The van der Waals surface area contributed by atoms with Gasteiger partial charge >= 0.3 is 12.1 Å². The molecule has 0 saturated carbocycles. The van der Waals surface area contributed by atoms with Gasteiger partial charge in [-0.3, -0.25) is 4.79 Å². The van der Waals surface area contributed by atoms with Crippen LogP contribution in [0.3, 0.4) is 0 Å². The fraction of sp³-hybridized carbons (Fsp3) is 0.818. The summed E-state index contributed by atoms with van der Waals surface area (Å²) in [7, 11) is 0. The van der Waals surface area contributed by atoms with E-state index in [4.69, 9.17) is 9.84 Å². The highest BCUT2D eigenvalue weighted by Crippen LogP contribution is 2.03. The summed E-state index contributed by atoms with van der Waals surface area (Å²) in [4.78, 5) is 22.1. The van der Waals surface area contributed by atoms with Gasteiger partial charge in [0.1, 0.15) is 6.10 Å². The van der Waals surface area contributed by atoms with Crippen molar-refractivity contribution >= 4 is 12.1 Å². The average molecular weight is 232 g/mol. The fourth-order valence-corrected chi connectivity index (χ4v) is 1.09. The van der Waals surface area contributed by atoms with E-state index in [-0.39, 0.29) is 13.0 Å². The van der Waals surface area contributed by atoms with Crippen LogP contribution in [-0.2, 0) is 14.3 Å². The second-order valence-electron chi connectivity index (χ2n) is 3.62. The normalized spacial score (nSPS) is 11.9. The number of aliphatic hydroxyl groups is 1. The minimum absolute atomic E-state index is 0.0705. The number of hydrogen-bond acceptors (Lipinski definition) is 5. The molecule has 0 amide bonds. The molecule has 16 heavy (non-hydrogen) atoms. The smallest absolute Gasteiger partial charge is 0.431 e. The lowest BCUT2D eigenvalue weighted by atomic mass is 10.2. The molecule has 0 aromatic carbocycles. The SMILES string of the molecule is CCCCCC(=O)OC(=O)OC(C)CCO. The van der Waals surface area contributed by atoms with Gasteiger partial charge in [-0.15, -0.1) is 0 Å². The van der Waals surface area contributed by atoms with E-state index in [1.807, 2.05) is 6.92 Å². The molecule has 0 saturated heterocycles. The average Bonchev–Trinajstić information content (AvgIpc) is 2.17. The Kier molecular flexibility index (Phi) is 8.52. The lowest BCUT2D eigenvalue weighted by molar-refractivity contribution is -0.140. The molecule has 5 heteroatoms. The van der Waals surface area contributed by atoms with E-state index in [0.717, 1.165) is 19.3 Å². The van der Waals surface area contributed by atoms with Gasteiger partial charge in [0, 0.05) is 19.4 Å². The zero-order chi connectivity index (χ0) is 12.4. The van der Waals surface area contributed by atoms with Crippen LogP contribution >= 0.6 is 0 Å². The Balaban J connectivity index is 3.65. The number of ether oxygens (including phenoxy) is 2. The third kappa shape index (κ3) is 8.23. The highest BCUT2D eigenvalue weighted by Gasteiger charge is 2.14. The van der Waals surface area contributed by atoms with Crippen molar-refractivity contribution in [2.24, 2.45) is 0 Å². The van der Waals surface area contributed by atoms with Gasteiger partial charge in [0.15, 0.2) is 0 Å². The number of aliphatic hydroxyl groups excluding tert-OH is 1. The summed E-state index contributed by atoms with van der Waals surface area (Å²) in [6, 6.07) is 0. The van der Waals surface area contributed by atoms with E-state index < -0.39 is 18.2 Å². The summed E-state index contributed by atoms with van der Waals surface area (Å²) in [5, 5.41) is 8.58. The first-order chi connectivity index (χ1) is 7.60. The quantitative estimate of drug-likeness (QED) is 0.413. The molecule has 0 radical (unpaired) electrons. The Bertz CT molecular complexity index is 214. The van der Waals surface area contributed by atoms with Crippen molar-refractivity contribution in [3.63, 3.8) is 0 Å². The molecular formula is C11H20O5. The first-order valence-electron chi connectivity index (χ1n) is 5.62. The second-order valence-corrected chi connectivity index (χ2v) is 3.62. The third-order valence-electron chi connectivity index (χ3n) is 2.01. The van der Waals surface area contributed by atoms with Crippen LogP contribution in [-0.4, -0.2) is 29.9 Å². The zero-order valence-corrected chi connectivity index (χ0v) is 9.90. The Hall–Kier alpha value is -1.10. The lowest BCUT2D eigenvalue weighted by Crippen LogP contribution is -2.20. The number of carbonyl (C=O) groups excluding carboxylic acids is 2. The molecule has 0 aromatic rings. The van der Waals surface area contributed by atoms with E-state index in [9.17, 15) is 9.59 Å². The zero-order valence-electron chi connectivity index (χ0n) is 9.90. The van der Waals surface area contributed by atoms with Gasteiger partial charge in [-0.05, 0) is 13.3 Å². The molecule has 1 unspecified atom stereocenters. The van der Waals surface area contributed by atoms with Crippen LogP contribution in [0.1, 0.15) is 46.0 Å². The molecule has 0 aliphatic heterocycles. The van der Waals surface area contributed by atoms with Gasteiger partial charge in [0.05, 0.1) is 0 Å². The van der Waals surface area contributed by atoms with Crippen molar-refractivity contribution in [1.29, 1.82) is 0 Å². The summed E-state index contributed by atoms with van der Waals surface area (Å²) in [5.41, 5.74) is 0. The van der Waals surface area contributed by atoms with Crippen LogP contribution in [0.2, 0.25) is 0 Å².